The molecule has 11 heteroatoms. The van der Waals surface area contributed by atoms with Crippen molar-refractivity contribution >= 4 is 45.4 Å². The van der Waals surface area contributed by atoms with Crippen LogP contribution in [0.5, 0.6) is 0 Å². The maximum absolute atomic E-state index is 12.9. The zero-order valence-corrected chi connectivity index (χ0v) is 19.7. The molecule has 1 fully saturated rings. The molecule has 0 bridgehead atoms. The number of carbonyl (C=O) groups excluding carboxylic acids is 1. The van der Waals surface area contributed by atoms with Crippen LogP contribution in [0, 0.1) is 11.7 Å². The fourth-order valence-corrected chi connectivity index (χ4v) is 5.79. The molecule has 0 radical (unpaired) electrons. The Morgan fingerprint density at radius 1 is 1.19 bits per heavy atom. The van der Waals surface area contributed by atoms with Gasteiger partial charge in [-0.05, 0) is 50.2 Å². The summed E-state index contributed by atoms with van der Waals surface area (Å²) in [6, 6.07) is 12.2. The first-order chi connectivity index (χ1) is 15.3. The lowest BCUT2D eigenvalue weighted by molar-refractivity contribution is -0.116. The number of nitrogens with zero attached hydrogens (tertiary/aromatic N) is 3. The average Bonchev–Trinajstić information content (AvgIpc) is 3.42. The minimum Gasteiger partial charge on any atom is -0.324 e. The largest absolute Gasteiger partial charge is 0.324 e. The zero-order chi connectivity index (χ0) is 22.9. The van der Waals surface area contributed by atoms with E-state index in [4.69, 9.17) is 23.8 Å². The Hall–Kier alpha value is -2.53. The molecule has 1 amide bonds. The van der Waals surface area contributed by atoms with Crippen LogP contribution in [0.3, 0.4) is 0 Å². The van der Waals surface area contributed by atoms with Gasteiger partial charge in [0.25, 0.3) is 0 Å². The van der Waals surface area contributed by atoms with Gasteiger partial charge < -0.3 is 5.32 Å². The normalized spacial score (nSPS) is 14.6. The minimum atomic E-state index is -3.72. The van der Waals surface area contributed by atoms with Gasteiger partial charge in [-0.1, -0.05) is 41.4 Å². The highest BCUT2D eigenvalue weighted by Gasteiger charge is 2.29. The SMILES string of the molecule is Cc1ccc(-c2n[nH]c(=S)n2CC(=O)Nc2ccc(Cl)c(S(=O)(=O)N3CCCC3)c2)cc1. The maximum Gasteiger partial charge on any atom is 0.244 e. The van der Waals surface area contributed by atoms with Crippen LogP contribution >= 0.6 is 23.8 Å². The summed E-state index contributed by atoms with van der Waals surface area (Å²) >= 11 is 11.5. The number of halogens is 1. The third kappa shape index (κ3) is 4.63. The Balaban J connectivity index is 1.55. The van der Waals surface area contributed by atoms with Crippen molar-refractivity contribution in [1.82, 2.24) is 19.1 Å². The number of benzene rings is 2. The van der Waals surface area contributed by atoms with Gasteiger partial charge in [-0.15, -0.1) is 0 Å². The number of aromatic nitrogens is 3. The lowest BCUT2D eigenvalue weighted by Crippen LogP contribution is -2.28. The lowest BCUT2D eigenvalue weighted by atomic mass is 10.1. The summed E-state index contributed by atoms with van der Waals surface area (Å²) in [5.41, 5.74) is 2.26. The summed E-state index contributed by atoms with van der Waals surface area (Å²) in [5.74, 6) is 0.168. The molecule has 3 aromatic rings. The highest BCUT2D eigenvalue weighted by Crippen LogP contribution is 2.29. The van der Waals surface area contributed by atoms with Crippen molar-refractivity contribution in [2.24, 2.45) is 0 Å². The van der Waals surface area contributed by atoms with Crippen LogP contribution in [-0.4, -0.2) is 46.5 Å². The van der Waals surface area contributed by atoms with Crippen molar-refractivity contribution in [2.75, 3.05) is 18.4 Å². The van der Waals surface area contributed by atoms with E-state index in [1.54, 1.807) is 10.6 Å². The Bertz CT molecular complexity index is 1310. The van der Waals surface area contributed by atoms with Gasteiger partial charge in [0.05, 0.1) is 5.02 Å². The molecule has 4 rings (SSSR count). The van der Waals surface area contributed by atoms with E-state index in [9.17, 15) is 13.2 Å². The molecule has 1 aliphatic rings. The third-order valence-electron chi connectivity index (χ3n) is 5.27. The molecule has 2 heterocycles. The molecule has 0 unspecified atom stereocenters. The number of rotatable bonds is 6. The maximum atomic E-state index is 12.9. The van der Waals surface area contributed by atoms with E-state index in [0.717, 1.165) is 24.0 Å². The van der Waals surface area contributed by atoms with Gasteiger partial charge in [0.2, 0.25) is 15.9 Å². The van der Waals surface area contributed by atoms with Crippen LogP contribution in [0.1, 0.15) is 18.4 Å². The predicted molar refractivity (Wildman–Crippen MR) is 126 cm³/mol. The number of sulfonamides is 1. The Kier molecular flexibility index (Phi) is 6.47. The van der Waals surface area contributed by atoms with Crippen molar-refractivity contribution < 1.29 is 13.2 Å². The second-order valence-electron chi connectivity index (χ2n) is 7.61. The van der Waals surface area contributed by atoms with Gasteiger partial charge in [0.15, 0.2) is 10.6 Å². The summed E-state index contributed by atoms with van der Waals surface area (Å²) in [5, 5.41) is 9.82. The Morgan fingerprint density at radius 3 is 2.56 bits per heavy atom. The molecule has 2 aromatic carbocycles. The van der Waals surface area contributed by atoms with Gasteiger partial charge in [-0.2, -0.15) is 9.40 Å². The van der Waals surface area contributed by atoms with E-state index in [1.165, 1.54) is 16.4 Å². The van der Waals surface area contributed by atoms with Crippen molar-refractivity contribution in [3.63, 3.8) is 0 Å². The molecule has 168 valence electrons. The van der Waals surface area contributed by atoms with Crippen molar-refractivity contribution in [3.05, 3.63) is 57.8 Å². The first kappa shape index (κ1) is 22.7. The number of amides is 1. The van der Waals surface area contributed by atoms with Crippen molar-refractivity contribution in [2.45, 2.75) is 31.2 Å². The van der Waals surface area contributed by atoms with Crippen LogP contribution in [0.4, 0.5) is 5.69 Å². The zero-order valence-electron chi connectivity index (χ0n) is 17.3. The van der Waals surface area contributed by atoms with Crippen LogP contribution in [0.25, 0.3) is 11.4 Å². The highest BCUT2D eigenvalue weighted by molar-refractivity contribution is 7.89. The summed E-state index contributed by atoms with van der Waals surface area (Å²) in [6.45, 7) is 2.83. The van der Waals surface area contributed by atoms with E-state index < -0.39 is 10.0 Å². The second-order valence-corrected chi connectivity index (χ2v) is 10.3. The molecule has 0 atom stereocenters. The molecule has 8 nitrogen and oxygen atoms in total. The quantitative estimate of drug-likeness (QED) is 0.508. The van der Waals surface area contributed by atoms with E-state index >= 15 is 0 Å². The molecular formula is C21H22ClN5O3S2. The standard InChI is InChI=1S/C21H22ClN5O3S2/c1-14-4-6-15(7-5-14)20-24-25-21(31)27(20)13-19(28)23-16-8-9-17(22)18(12-16)32(29,30)26-10-2-3-11-26/h4-9,12H,2-3,10-11,13H2,1H3,(H,23,28)(H,25,31). The summed E-state index contributed by atoms with van der Waals surface area (Å²) < 4.78 is 29.2. The molecule has 1 saturated heterocycles. The highest BCUT2D eigenvalue weighted by atomic mass is 35.5. The van der Waals surface area contributed by atoms with E-state index in [2.05, 4.69) is 15.5 Å². The first-order valence-electron chi connectivity index (χ1n) is 10.1. The lowest BCUT2D eigenvalue weighted by Gasteiger charge is -2.17. The van der Waals surface area contributed by atoms with E-state index in [1.807, 2.05) is 31.2 Å². The molecule has 0 saturated carbocycles. The van der Waals surface area contributed by atoms with Gasteiger partial charge in [0.1, 0.15) is 11.4 Å². The molecular weight excluding hydrogens is 470 g/mol. The molecule has 32 heavy (non-hydrogen) atoms. The number of aromatic amines is 1. The molecule has 1 aromatic heterocycles. The summed E-state index contributed by atoms with van der Waals surface area (Å²) in [4.78, 5) is 12.7. The molecule has 0 spiro atoms. The Labute approximate surface area is 196 Å². The number of aryl methyl sites for hydroxylation is 1. The molecule has 2 N–H and O–H groups in total. The van der Waals surface area contributed by atoms with Crippen molar-refractivity contribution in [1.29, 1.82) is 0 Å². The number of hydrogen-bond acceptors (Lipinski definition) is 5. The van der Waals surface area contributed by atoms with Crippen molar-refractivity contribution in [3.8, 4) is 11.4 Å². The fourth-order valence-electron chi connectivity index (χ4n) is 3.58. The number of anilines is 1. The molecule has 0 aliphatic carbocycles. The fraction of sp³-hybridized carbons (Fsp3) is 0.286. The van der Waals surface area contributed by atoms with Gasteiger partial charge in [-0.3, -0.25) is 14.5 Å². The van der Waals surface area contributed by atoms with E-state index in [0.29, 0.717) is 29.4 Å². The molecule has 1 aliphatic heterocycles. The average molecular weight is 492 g/mol. The van der Waals surface area contributed by atoms with Gasteiger partial charge >= 0.3 is 0 Å². The summed E-state index contributed by atoms with van der Waals surface area (Å²) in [7, 11) is -3.72. The van der Waals surface area contributed by atoms with Crippen LogP contribution in [-0.2, 0) is 21.4 Å². The van der Waals surface area contributed by atoms with E-state index in [-0.39, 0.29) is 22.4 Å². The van der Waals surface area contributed by atoms with Gasteiger partial charge in [0, 0.05) is 24.3 Å². The number of nitrogens with one attached hydrogen (secondary N) is 2. The monoisotopic (exact) mass is 491 g/mol. The Morgan fingerprint density at radius 2 is 1.88 bits per heavy atom. The van der Waals surface area contributed by atoms with Crippen LogP contribution < -0.4 is 5.32 Å². The first-order valence-corrected chi connectivity index (χ1v) is 12.3. The van der Waals surface area contributed by atoms with Crippen LogP contribution in [0.2, 0.25) is 5.02 Å². The third-order valence-corrected chi connectivity index (χ3v) is 7.96. The smallest absolute Gasteiger partial charge is 0.244 e. The number of H-pyrrole nitrogens is 1. The van der Waals surface area contributed by atoms with Gasteiger partial charge in [-0.25, -0.2) is 8.42 Å². The second kappa shape index (κ2) is 9.14. The topological polar surface area (TPSA) is 100 Å². The number of hydrogen-bond donors (Lipinski definition) is 2. The summed E-state index contributed by atoms with van der Waals surface area (Å²) in [6.07, 6.45) is 1.64. The number of carbonyl (C=O) groups is 1. The van der Waals surface area contributed by atoms with Crippen LogP contribution in [0.15, 0.2) is 47.4 Å². The minimum absolute atomic E-state index is 0.0147. The predicted octanol–water partition coefficient (Wildman–Crippen LogP) is 3.99.